The van der Waals surface area contributed by atoms with Gasteiger partial charge in [0.1, 0.15) is 0 Å². The van der Waals surface area contributed by atoms with Crippen LogP contribution in [0.2, 0.25) is 0 Å². The molecular formula is C15H24N2. The summed E-state index contributed by atoms with van der Waals surface area (Å²) in [5, 5.41) is 7.16. The third-order valence-electron chi connectivity index (χ3n) is 3.66. The first-order valence-electron chi connectivity index (χ1n) is 6.77. The Bertz CT molecular complexity index is 343. The van der Waals surface area contributed by atoms with Crippen LogP contribution < -0.4 is 10.6 Å². The second-order valence-corrected chi connectivity index (χ2v) is 5.23. The molecule has 2 N–H and O–H groups in total. The molecule has 0 aromatic heterocycles. The predicted octanol–water partition coefficient (Wildman–Crippen LogP) is 2.27. The van der Waals surface area contributed by atoms with E-state index in [1.807, 2.05) is 0 Å². The van der Waals surface area contributed by atoms with Gasteiger partial charge in [0.25, 0.3) is 0 Å². The monoisotopic (exact) mass is 232 g/mol. The van der Waals surface area contributed by atoms with E-state index in [0.717, 1.165) is 13.0 Å². The Hall–Kier alpha value is -0.860. The van der Waals surface area contributed by atoms with Gasteiger partial charge in [0.2, 0.25) is 0 Å². The van der Waals surface area contributed by atoms with Crippen LogP contribution in [0.1, 0.15) is 30.9 Å². The minimum atomic E-state index is 0.554. The van der Waals surface area contributed by atoms with Crippen molar-refractivity contribution in [3.63, 3.8) is 0 Å². The molecule has 1 saturated heterocycles. The summed E-state index contributed by atoms with van der Waals surface area (Å²) in [6.45, 7) is 6.77. The molecule has 1 aromatic rings. The fourth-order valence-corrected chi connectivity index (χ4v) is 2.52. The number of rotatable bonds is 5. The lowest BCUT2D eigenvalue weighted by molar-refractivity contribution is 0.477. The van der Waals surface area contributed by atoms with Gasteiger partial charge < -0.3 is 10.6 Å². The Morgan fingerprint density at radius 1 is 1.41 bits per heavy atom. The van der Waals surface area contributed by atoms with Crippen LogP contribution in [0.5, 0.6) is 0 Å². The maximum absolute atomic E-state index is 3.64. The van der Waals surface area contributed by atoms with Gasteiger partial charge in [-0.2, -0.15) is 0 Å². The van der Waals surface area contributed by atoms with Gasteiger partial charge >= 0.3 is 0 Å². The molecule has 2 rings (SSSR count). The zero-order chi connectivity index (χ0) is 12.1. The highest BCUT2D eigenvalue weighted by Gasteiger charge is 2.14. The van der Waals surface area contributed by atoms with Crippen LogP contribution in [0.25, 0.3) is 0 Å². The Kier molecular flexibility index (Phi) is 4.57. The normalized spacial score (nSPS) is 21.6. The summed E-state index contributed by atoms with van der Waals surface area (Å²) < 4.78 is 0. The summed E-state index contributed by atoms with van der Waals surface area (Å²) in [4.78, 5) is 0. The Morgan fingerprint density at radius 2 is 2.24 bits per heavy atom. The van der Waals surface area contributed by atoms with Gasteiger partial charge in [0, 0.05) is 18.6 Å². The molecule has 1 fully saturated rings. The zero-order valence-electron chi connectivity index (χ0n) is 11.0. The van der Waals surface area contributed by atoms with Crippen molar-refractivity contribution < 1.29 is 0 Å². The fraction of sp³-hybridized carbons (Fsp3) is 0.600. The van der Waals surface area contributed by atoms with Gasteiger partial charge in [-0.05, 0) is 50.8 Å². The molecule has 17 heavy (non-hydrogen) atoms. The lowest BCUT2D eigenvalue weighted by atomic mass is 10.0. The number of hydrogen-bond acceptors (Lipinski definition) is 2. The molecule has 0 amide bonds. The average molecular weight is 232 g/mol. The van der Waals surface area contributed by atoms with E-state index in [9.17, 15) is 0 Å². The third-order valence-corrected chi connectivity index (χ3v) is 3.66. The van der Waals surface area contributed by atoms with Gasteiger partial charge in [-0.1, -0.05) is 24.3 Å². The molecule has 1 aliphatic rings. The van der Waals surface area contributed by atoms with Crippen LogP contribution in [-0.2, 0) is 6.42 Å². The molecule has 0 aliphatic carbocycles. The van der Waals surface area contributed by atoms with Crippen LogP contribution in [-0.4, -0.2) is 25.2 Å². The maximum atomic E-state index is 3.64. The first kappa shape index (κ1) is 12.6. The van der Waals surface area contributed by atoms with Gasteiger partial charge in [0.15, 0.2) is 0 Å². The quantitative estimate of drug-likeness (QED) is 0.814. The molecule has 2 heteroatoms. The third kappa shape index (κ3) is 3.83. The van der Waals surface area contributed by atoms with E-state index in [0.29, 0.717) is 12.1 Å². The number of nitrogens with one attached hydrogen (secondary N) is 2. The molecule has 0 radical (unpaired) electrons. The lowest BCUT2D eigenvalue weighted by Crippen LogP contribution is -2.39. The van der Waals surface area contributed by atoms with Gasteiger partial charge in [-0.3, -0.25) is 0 Å². The molecule has 2 atom stereocenters. The van der Waals surface area contributed by atoms with Crippen molar-refractivity contribution in [1.82, 2.24) is 10.6 Å². The van der Waals surface area contributed by atoms with Crippen LogP contribution in [0.4, 0.5) is 0 Å². The SMILES string of the molecule is Cc1ccccc1CC(C)NCC1CCCN1. The summed E-state index contributed by atoms with van der Waals surface area (Å²) in [6, 6.07) is 9.92. The van der Waals surface area contributed by atoms with E-state index < -0.39 is 0 Å². The van der Waals surface area contributed by atoms with Crippen molar-refractivity contribution in [3.05, 3.63) is 35.4 Å². The van der Waals surface area contributed by atoms with Crippen molar-refractivity contribution in [3.8, 4) is 0 Å². The molecular weight excluding hydrogens is 208 g/mol. The molecule has 1 heterocycles. The van der Waals surface area contributed by atoms with E-state index in [1.54, 1.807) is 0 Å². The number of aryl methyl sites for hydroxylation is 1. The van der Waals surface area contributed by atoms with Crippen molar-refractivity contribution in [1.29, 1.82) is 0 Å². The smallest absolute Gasteiger partial charge is 0.0193 e. The highest BCUT2D eigenvalue weighted by molar-refractivity contribution is 5.26. The molecule has 2 unspecified atom stereocenters. The van der Waals surface area contributed by atoms with E-state index in [1.165, 1.54) is 30.5 Å². The molecule has 0 spiro atoms. The summed E-state index contributed by atoms with van der Waals surface area (Å²) >= 11 is 0. The summed E-state index contributed by atoms with van der Waals surface area (Å²) in [5.41, 5.74) is 2.87. The second kappa shape index (κ2) is 6.18. The van der Waals surface area contributed by atoms with E-state index in [4.69, 9.17) is 0 Å². The first-order chi connectivity index (χ1) is 8.25. The van der Waals surface area contributed by atoms with Crippen molar-refractivity contribution in [2.75, 3.05) is 13.1 Å². The molecule has 1 aliphatic heterocycles. The Balaban J connectivity index is 1.76. The molecule has 0 bridgehead atoms. The maximum Gasteiger partial charge on any atom is 0.0193 e. The van der Waals surface area contributed by atoms with Crippen molar-refractivity contribution >= 4 is 0 Å². The van der Waals surface area contributed by atoms with E-state index in [2.05, 4.69) is 48.7 Å². The Labute approximate surface area is 105 Å². The largest absolute Gasteiger partial charge is 0.313 e. The fourth-order valence-electron chi connectivity index (χ4n) is 2.52. The Morgan fingerprint density at radius 3 is 2.94 bits per heavy atom. The minimum Gasteiger partial charge on any atom is -0.313 e. The van der Waals surface area contributed by atoms with Crippen LogP contribution >= 0.6 is 0 Å². The lowest BCUT2D eigenvalue weighted by Gasteiger charge is -2.18. The summed E-state index contributed by atoms with van der Waals surface area (Å²) in [5.74, 6) is 0. The second-order valence-electron chi connectivity index (χ2n) is 5.23. The molecule has 2 nitrogen and oxygen atoms in total. The summed E-state index contributed by atoms with van der Waals surface area (Å²) in [6.07, 6.45) is 3.78. The van der Waals surface area contributed by atoms with Gasteiger partial charge in [-0.15, -0.1) is 0 Å². The highest BCUT2D eigenvalue weighted by atomic mass is 15.0. The number of hydrogen-bond donors (Lipinski definition) is 2. The van der Waals surface area contributed by atoms with Crippen LogP contribution in [0.3, 0.4) is 0 Å². The average Bonchev–Trinajstić information content (AvgIpc) is 2.82. The molecule has 94 valence electrons. The van der Waals surface area contributed by atoms with Crippen molar-refractivity contribution in [2.45, 2.75) is 45.2 Å². The van der Waals surface area contributed by atoms with E-state index in [-0.39, 0.29) is 0 Å². The zero-order valence-corrected chi connectivity index (χ0v) is 11.0. The van der Waals surface area contributed by atoms with Crippen LogP contribution in [0, 0.1) is 6.92 Å². The highest BCUT2D eigenvalue weighted by Crippen LogP contribution is 2.10. The topological polar surface area (TPSA) is 24.1 Å². The van der Waals surface area contributed by atoms with E-state index >= 15 is 0 Å². The van der Waals surface area contributed by atoms with Crippen molar-refractivity contribution in [2.24, 2.45) is 0 Å². The number of benzene rings is 1. The predicted molar refractivity (Wildman–Crippen MR) is 73.4 cm³/mol. The minimum absolute atomic E-state index is 0.554. The first-order valence-corrected chi connectivity index (χ1v) is 6.77. The molecule has 1 aromatic carbocycles. The van der Waals surface area contributed by atoms with Crippen LogP contribution in [0.15, 0.2) is 24.3 Å². The van der Waals surface area contributed by atoms with Gasteiger partial charge in [0.05, 0.1) is 0 Å². The van der Waals surface area contributed by atoms with Gasteiger partial charge in [-0.25, -0.2) is 0 Å². The standard InChI is InChI=1S/C15H24N2/c1-12-6-3-4-7-14(12)10-13(2)17-11-15-8-5-9-16-15/h3-4,6-7,13,15-17H,5,8-11H2,1-2H3. The molecule has 0 saturated carbocycles. The summed E-state index contributed by atoms with van der Waals surface area (Å²) in [7, 11) is 0.